The zero-order valence-electron chi connectivity index (χ0n) is 14.1. The first-order chi connectivity index (χ1) is 11.4. The molecule has 0 unspecified atom stereocenters. The molecular formula is C18H24F2N2O2. The zero-order valence-corrected chi connectivity index (χ0v) is 14.1. The van der Waals surface area contributed by atoms with Gasteiger partial charge < -0.3 is 10.2 Å². The number of halogens is 2. The molecule has 0 aromatic heterocycles. The highest BCUT2D eigenvalue weighted by Crippen LogP contribution is 2.15. The molecule has 0 spiro atoms. The second kappa shape index (κ2) is 8.33. The van der Waals surface area contributed by atoms with Crippen LogP contribution in [-0.4, -0.2) is 41.8 Å². The van der Waals surface area contributed by atoms with Crippen LogP contribution in [0.5, 0.6) is 0 Å². The van der Waals surface area contributed by atoms with Crippen LogP contribution in [0.3, 0.4) is 0 Å². The zero-order chi connectivity index (χ0) is 17.7. The van der Waals surface area contributed by atoms with Gasteiger partial charge in [0.2, 0.25) is 5.91 Å². The maximum atomic E-state index is 13.5. The number of nitrogens with zero attached hydrogens (tertiary/aromatic N) is 1. The third-order valence-electron chi connectivity index (χ3n) is 4.44. The van der Waals surface area contributed by atoms with E-state index in [1.54, 1.807) is 0 Å². The van der Waals surface area contributed by atoms with Gasteiger partial charge in [-0.2, -0.15) is 0 Å². The molecule has 132 valence electrons. The molecule has 1 heterocycles. The molecule has 1 aromatic rings. The molecule has 1 aliphatic rings. The van der Waals surface area contributed by atoms with Crippen LogP contribution in [0, 0.1) is 11.6 Å². The first kappa shape index (κ1) is 18.5. The number of piperidine rings is 1. The summed E-state index contributed by atoms with van der Waals surface area (Å²) in [6.07, 6.45) is 1.72. The third kappa shape index (κ3) is 5.09. The molecule has 0 atom stereocenters. The lowest BCUT2D eigenvalue weighted by Crippen LogP contribution is -2.46. The number of Topliss-reactive ketones (excluding diaryl/α,β-unsaturated/α-hetero) is 1. The fourth-order valence-electron chi connectivity index (χ4n) is 2.94. The van der Waals surface area contributed by atoms with Crippen molar-refractivity contribution in [1.82, 2.24) is 10.2 Å². The summed E-state index contributed by atoms with van der Waals surface area (Å²) in [5, 5.41) is 2.94. The SMILES string of the molecule is CC(C)N1CCC(NC(=O)CCC(=O)c2ccc(F)cc2F)CC1. The smallest absolute Gasteiger partial charge is 0.220 e. The molecule has 1 fully saturated rings. The molecule has 0 bridgehead atoms. The van der Waals surface area contributed by atoms with Gasteiger partial charge in [0.1, 0.15) is 11.6 Å². The van der Waals surface area contributed by atoms with E-state index in [1.807, 2.05) is 0 Å². The molecule has 24 heavy (non-hydrogen) atoms. The van der Waals surface area contributed by atoms with Crippen LogP contribution in [0.25, 0.3) is 0 Å². The minimum Gasteiger partial charge on any atom is -0.353 e. The van der Waals surface area contributed by atoms with E-state index in [4.69, 9.17) is 0 Å². The number of nitrogens with one attached hydrogen (secondary N) is 1. The second-order valence-corrected chi connectivity index (χ2v) is 6.52. The molecule has 0 aliphatic carbocycles. The van der Waals surface area contributed by atoms with Gasteiger partial charge in [0.05, 0.1) is 5.56 Å². The summed E-state index contributed by atoms with van der Waals surface area (Å²) >= 11 is 0. The molecule has 0 radical (unpaired) electrons. The van der Waals surface area contributed by atoms with Crippen molar-refractivity contribution in [2.45, 2.75) is 51.6 Å². The van der Waals surface area contributed by atoms with Gasteiger partial charge in [-0.15, -0.1) is 0 Å². The lowest BCUT2D eigenvalue weighted by Gasteiger charge is -2.34. The topological polar surface area (TPSA) is 49.4 Å². The van der Waals surface area contributed by atoms with Gasteiger partial charge in [-0.25, -0.2) is 8.78 Å². The molecule has 1 N–H and O–H groups in total. The monoisotopic (exact) mass is 338 g/mol. The fraction of sp³-hybridized carbons (Fsp3) is 0.556. The van der Waals surface area contributed by atoms with Crippen molar-refractivity contribution in [3.05, 3.63) is 35.4 Å². The molecule has 1 aromatic carbocycles. The maximum Gasteiger partial charge on any atom is 0.220 e. The quantitative estimate of drug-likeness (QED) is 0.812. The minimum absolute atomic E-state index is 0.0139. The predicted octanol–water partition coefficient (Wildman–Crippen LogP) is 2.92. The average Bonchev–Trinajstić information content (AvgIpc) is 2.53. The fourth-order valence-corrected chi connectivity index (χ4v) is 2.94. The Labute approximate surface area is 141 Å². The first-order valence-electron chi connectivity index (χ1n) is 8.38. The lowest BCUT2D eigenvalue weighted by atomic mass is 10.0. The van der Waals surface area contributed by atoms with E-state index in [2.05, 4.69) is 24.1 Å². The van der Waals surface area contributed by atoms with Crippen LogP contribution in [0.1, 0.15) is 49.9 Å². The van der Waals surface area contributed by atoms with Crippen molar-refractivity contribution in [2.24, 2.45) is 0 Å². The first-order valence-corrected chi connectivity index (χ1v) is 8.38. The van der Waals surface area contributed by atoms with Crippen LogP contribution in [0.2, 0.25) is 0 Å². The van der Waals surface area contributed by atoms with Crippen molar-refractivity contribution in [2.75, 3.05) is 13.1 Å². The third-order valence-corrected chi connectivity index (χ3v) is 4.44. The predicted molar refractivity (Wildman–Crippen MR) is 87.8 cm³/mol. The number of carbonyl (C=O) groups is 2. The van der Waals surface area contributed by atoms with Gasteiger partial charge in [-0.1, -0.05) is 0 Å². The second-order valence-electron chi connectivity index (χ2n) is 6.52. The van der Waals surface area contributed by atoms with Crippen LogP contribution in [0.15, 0.2) is 18.2 Å². The minimum atomic E-state index is -0.888. The Morgan fingerprint density at radius 2 is 1.88 bits per heavy atom. The van der Waals surface area contributed by atoms with Crippen molar-refractivity contribution in [3.8, 4) is 0 Å². The van der Waals surface area contributed by atoms with Crippen LogP contribution in [0.4, 0.5) is 8.78 Å². The summed E-state index contributed by atoms with van der Waals surface area (Å²) in [5.74, 6) is -2.30. The van der Waals surface area contributed by atoms with Gasteiger partial charge in [-0.05, 0) is 38.8 Å². The number of amides is 1. The number of hydrogen-bond acceptors (Lipinski definition) is 3. The highest BCUT2D eigenvalue weighted by atomic mass is 19.1. The average molecular weight is 338 g/mol. The van der Waals surface area contributed by atoms with Crippen molar-refractivity contribution in [3.63, 3.8) is 0 Å². The van der Waals surface area contributed by atoms with E-state index in [0.717, 1.165) is 38.1 Å². The Kier molecular flexibility index (Phi) is 6.43. The number of carbonyl (C=O) groups excluding carboxylic acids is 2. The number of rotatable bonds is 6. The molecule has 1 amide bonds. The van der Waals surface area contributed by atoms with Crippen LogP contribution < -0.4 is 5.32 Å². The van der Waals surface area contributed by atoms with E-state index in [1.165, 1.54) is 0 Å². The summed E-state index contributed by atoms with van der Waals surface area (Å²) in [6.45, 7) is 6.20. The standard InChI is InChI=1S/C18H24F2N2O2/c1-12(2)22-9-7-14(8-10-22)21-18(24)6-5-17(23)15-4-3-13(19)11-16(15)20/h3-4,11-12,14H,5-10H2,1-2H3,(H,21,24). The van der Waals surface area contributed by atoms with E-state index in [0.29, 0.717) is 12.1 Å². The summed E-state index contributed by atoms with van der Waals surface area (Å²) < 4.78 is 26.4. The summed E-state index contributed by atoms with van der Waals surface area (Å²) in [5.41, 5.74) is -0.172. The van der Waals surface area contributed by atoms with E-state index in [-0.39, 0.29) is 30.4 Å². The van der Waals surface area contributed by atoms with Crippen molar-refractivity contribution >= 4 is 11.7 Å². The Morgan fingerprint density at radius 1 is 1.21 bits per heavy atom. The lowest BCUT2D eigenvalue weighted by molar-refractivity contribution is -0.122. The van der Waals surface area contributed by atoms with Crippen LogP contribution in [-0.2, 0) is 4.79 Å². The Morgan fingerprint density at radius 3 is 2.46 bits per heavy atom. The molecule has 1 saturated heterocycles. The summed E-state index contributed by atoms with van der Waals surface area (Å²) in [6, 6.07) is 3.47. The molecule has 2 rings (SSSR count). The highest BCUT2D eigenvalue weighted by Gasteiger charge is 2.22. The Bertz CT molecular complexity index is 597. The summed E-state index contributed by atoms with van der Waals surface area (Å²) in [7, 11) is 0. The van der Waals surface area contributed by atoms with Gasteiger partial charge in [0.15, 0.2) is 5.78 Å². The number of ketones is 1. The molecular weight excluding hydrogens is 314 g/mol. The van der Waals surface area contributed by atoms with Gasteiger partial charge in [0.25, 0.3) is 0 Å². The number of hydrogen-bond donors (Lipinski definition) is 1. The largest absolute Gasteiger partial charge is 0.353 e. The van der Waals surface area contributed by atoms with E-state index in [9.17, 15) is 18.4 Å². The maximum absolute atomic E-state index is 13.5. The normalized spacial score (nSPS) is 16.4. The molecule has 0 saturated carbocycles. The highest BCUT2D eigenvalue weighted by molar-refractivity contribution is 5.98. The Hall–Kier alpha value is -1.82. The molecule has 4 nitrogen and oxygen atoms in total. The molecule has 6 heteroatoms. The number of benzene rings is 1. The van der Waals surface area contributed by atoms with Gasteiger partial charge in [0, 0.05) is 44.1 Å². The molecule has 1 aliphatic heterocycles. The Balaban J connectivity index is 1.76. The van der Waals surface area contributed by atoms with Crippen LogP contribution >= 0.6 is 0 Å². The van der Waals surface area contributed by atoms with Crippen molar-refractivity contribution in [1.29, 1.82) is 0 Å². The van der Waals surface area contributed by atoms with E-state index >= 15 is 0 Å². The summed E-state index contributed by atoms with van der Waals surface area (Å²) in [4.78, 5) is 26.3. The van der Waals surface area contributed by atoms with Crippen molar-refractivity contribution < 1.29 is 18.4 Å². The number of likely N-dealkylation sites (tertiary alicyclic amines) is 1. The van der Waals surface area contributed by atoms with Gasteiger partial charge >= 0.3 is 0 Å². The van der Waals surface area contributed by atoms with E-state index < -0.39 is 17.4 Å². The van der Waals surface area contributed by atoms with Gasteiger partial charge in [-0.3, -0.25) is 9.59 Å².